The first-order valence-corrected chi connectivity index (χ1v) is 7.09. The van der Waals surface area contributed by atoms with Gasteiger partial charge in [0.05, 0.1) is 0 Å². The fourth-order valence-electron chi connectivity index (χ4n) is 2.35. The Hall–Kier alpha value is 0.310. The lowest BCUT2D eigenvalue weighted by molar-refractivity contribution is 0.378. The van der Waals surface area contributed by atoms with Crippen molar-refractivity contribution in [1.29, 1.82) is 0 Å². The van der Waals surface area contributed by atoms with Gasteiger partial charge in [-0.2, -0.15) is 11.8 Å². The molecular formula is C12H25NS. The molecule has 2 atom stereocenters. The number of rotatable bonds is 6. The normalized spacial score (nSPS) is 29.4. The summed E-state index contributed by atoms with van der Waals surface area (Å²) in [7, 11) is 0. The van der Waals surface area contributed by atoms with Gasteiger partial charge in [0.1, 0.15) is 0 Å². The first-order valence-electron chi connectivity index (χ1n) is 6.10. The summed E-state index contributed by atoms with van der Waals surface area (Å²) >= 11 is 2.18. The van der Waals surface area contributed by atoms with E-state index in [1.54, 1.807) is 0 Å². The van der Waals surface area contributed by atoms with Crippen LogP contribution in [0.3, 0.4) is 0 Å². The Labute approximate surface area is 93.4 Å². The highest BCUT2D eigenvalue weighted by Crippen LogP contribution is 2.41. The third kappa shape index (κ3) is 3.16. The SMILES string of the molecule is CCCCC(NCC)C1(C)CCCS1. The van der Waals surface area contributed by atoms with E-state index in [0.29, 0.717) is 4.75 Å². The van der Waals surface area contributed by atoms with E-state index in [0.717, 1.165) is 12.6 Å². The third-order valence-corrected chi connectivity index (χ3v) is 4.92. The van der Waals surface area contributed by atoms with Crippen molar-refractivity contribution < 1.29 is 0 Å². The first-order chi connectivity index (χ1) is 6.73. The zero-order valence-electron chi connectivity index (χ0n) is 9.94. The Bertz CT molecular complexity index is 152. The second kappa shape index (κ2) is 6.02. The van der Waals surface area contributed by atoms with E-state index in [1.165, 1.54) is 37.9 Å². The summed E-state index contributed by atoms with van der Waals surface area (Å²) in [4.78, 5) is 0. The highest BCUT2D eigenvalue weighted by Gasteiger charge is 2.36. The van der Waals surface area contributed by atoms with Crippen LogP contribution >= 0.6 is 11.8 Å². The topological polar surface area (TPSA) is 12.0 Å². The molecule has 0 saturated carbocycles. The average molecular weight is 215 g/mol. The molecule has 84 valence electrons. The summed E-state index contributed by atoms with van der Waals surface area (Å²) in [6.07, 6.45) is 6.86. The molecule has 1 N–H and O–H groups in total. The maximum absolute atomic E-state index is 3.68. The predicted molar refractivity (Wildman–Crippen MR) is 67.1 cm³/mol. The van der Waals surface area contributed by atoms with Gasteiger partial charge in [-0.3, -0.25) is 0 Å². The van der Waals surface area contributed by atoms with E-state index in [2.05, 4.69) is 37.8 Å². The molecule has 1 aliphatic heterocycles. The van der Waals surface area contributed by atoms with Crippen LogP contribution in [-0.2, 0) is 0 Å². The molecule has 1 fully saturated rings. The predicted octanol–water partition coefficient (Wildman–Crippen LogP) is 3.44. The molecule has 1 rings (SSSR count). The second-order valence-electron chi connectivity index (χ2n) is 4.52. The Balaban J connectivity index is 2.46. The van der Waals surface area contributed by atoms with Crippen LogP contribution in [0.25, 0.3) is 0 Å². The van der Waals surface area contributed by atoms with Crippen LogP contribution in [0, 0.1) is 0 Å². The van der Waals surface area contributed by atoms with Gasteiger partial charge in [0.2, 0.25) is 0 Å². The van der Waals surface area contributed by atoms with E-state index < -0.39 is 0 Å². The summed E-state index contributed by atoms with van der Waals surface area (Å²) in [5.41, 5.74) is 0. The van der Waals surface area contributed by atoms with Crippen LogP contribution in [0.4, 0.5) is 0 Å². The number of unbranched alkanes of at least 4 members (excludes halogenated alkanes) is 1. The Morgan fingerprint density at radius 1 is 1.43 bits per heavy atom. The average Bonchev–Trinajstić information content (AvgIpc) is 2.60. The standard InChI is InChI=1S/C12H25NS/c1-4-6-8-11(13-5-2)12(3)9-7-10-14-12/h11,13H,4-10H2,1-3H3. The van der Waals surface area contributed by atoms with Crippen molar-refractivity contribution in [1.82, 2.24) is 5.32 Å². The van der Waals surface area contributed by atoms with Gasteiger partial charge in [0, 0.05) is 10.8 Å². The van der Waals surface area contributed by atoms with Gasteiger partial charge in [-0.15, -0.1) is 0 Å². The quantitative estimate of drug-likeness (QED) is 0.728. The van der Waals surface area contributed by atoms with Crippen molar-refractivity contribution in [2.24, 2.45) is 0 Å². The van der Waals surface area contributed by atoms with Gasteiger partial charge < -0.3 is 5.32 Å². The number of nitrogens with one attached hydrogen (secondary N) is 1. The fraction of sp³-hybridized carbons (Fsp3) is 1.00. The van der Waals surface area contributed by atoms with Crippen molar-refractivity contribution in [3.8, 4) is 0 Å². The summed E-state index contributed by atoms with van der Waals surface area (Å²) in [6, 6.07) is 0.736. The molecule has 0 bridgehead atoms. The van der Waals surface area contributed by atoms with Crippen molar-refractivity contribution >= 4 is 11.8 Å². The van der Waals surface area contributed by atoms with Crippen molar-refractivity contribution in [3.05, 3.63) is 0 Å². The second-order valence-corrected chi connectivity index (χ2v) is 6.15. The van der Waals surface area contributed by atoms with Crippen LogP contribution in [0.2, 0.25) is 0 Å². The van der Waals surface area contributed by atoms with Crippen molar-refractivity contribution in [3.63, 3.8) is 0 Å². The molecule has 0 aromatic heterocycles. The molecule has 0 aliphatic carbocycles. The maximum Gasteiger partial charge on any atom is 0.0285 e. The molecule has 14 heavy (non-hydrogen) atoms. The van der Waals surface area contributed by atoms with Gasteiger partial charge in [-0.05, 0) is 38.5 Å². The first kappa shape index (κ1) is 12.4. The maximum atomic E-state index is 3.68. The molecule has 0 radical (unpaired) electrons. The van der Waals surface area contributed by atoms with Crippen LogP contribution in [0.15, 0.2) is 0 Å². The number of hydrogen-bond donors (Lipinski definition) is 1. The van der Waals surface area contributed by atoms with E-state index in [9.17, 15) is 0 Å². The summed E-state index contributed by atoms with van der Waals surface area (Å²) in [5.74, 6) is 1.37. The molecule has 1 nitrogen and oxygen atoms in total. The van der Waals surface area contributed by atoms with Crippen molar-refractivity contribution in [2.45, 2.75) is 63.7 Å². The highest BCUT2D eigenvalue weighted by atomic mass is 32.2. The van der Waals surface area contributed by atoms with Gasteiger partial charge in [-0.25, -0.2) is 0 Å². The van der Waals surface area contributed by atoms with Gasteiger partial charge in [0.25, 0.3) is 0 Å². The summed E-state index contributed by atoms with van der Waals surface area (Å²) in [5, 5.41) is 3.68. The Morgan fingerprint density at radius 3 is 2.71 bits per heavy atom. The van der Waals surface area contributed by atoms with Crippen LogP contribution in [0.1, 0.15) is 52.9 Å². The van der Waals surface area contributed by atoms with Crippen LogP contribution in [-0.4, -0.2) is 23.1 Å². The minimum absolute atomic E-state index is 0.519. The van der Waals surface area contributed by atoms with Gasteiger partial charge >= 0.3 is 0 Å². The molecule has 0 amide bonds. The lowest BCUT2D eigenvalue weighted by Gasteiger charge is -2.34. The smallest absolute Gasteiger partial charge is 0.0285 e. The van der Waals surface area contributed by atoms with E-state index in [-0.39, 0.29) is 0 Å². The van der Waals surface area contributed by atoms with Crippen molar-refractivity contribution in [2.75, 3.05) is 12.3 Å². The molecule has 1 heterocycles. The molecule has 1 saturated heterocycles. The Kier molecular flexibility index (Phi) is 5.32. The number of hydrogen-bond acceptors (Lipinski definition) is 2. The molecule has 1 aliphatic rings. The lowest BCUT2D eigenvalue weighted by Crippen LogP contribution is -2.45. The fourth-order valence-corrected chi connectivity index (χ4v) is 3.80. The third-order valence-electron chi connectivity index (χ3n) is 3.28. The summed E-state index contributed by atoms with van der Waals surface area (Å²) in [6.45, 7) is 8.08. The minimum Gasteiger partial charge on any atom is -0.313 e. The molecule has 2 unspecified atom stereocenters. The van der Waals surface area contributed by atoms with Gasteiger partial charge in [0.15, 0.2) is 0 Å². The molecule has 0 spiro atoms. The highest BCUT2D eigenvalue weighted by molar-refractivity contribution is 8.00. The van der Waals surface area contributed by atoms with E-state index in [1.807, 2.05) is 0 Å². The van der Waals surface area contributed by atoms with Crippen LogP contribution < -0.4 is 5.32 Å². The monoisotopic (exact) mass is 215 g/mol. The van der Waals surface area contributed by atoms with Gasteiger partial charge in [-0.1, -0.05) is 26.7 Å². The van der Waals surface area contributed by atoms with Crippen LogP contribution in [0.5, 0.6) is 0 Å². The minimum atomic E-state index is 0.519. The van der Waals surface area contributed by atoms with E-state index in [4.69, 9.17) is 0 Å². The van der Waals surface area contributed by atoms with E-state index >= 15 is 0 Å². The largest absolute Gasteiger partial charge is 0.313 e. The Morgan fingerprint density at radius 2 is 2.21 bits per heavy atom. The summed E-state index contributed by atoms with van der Waals surface area (Å²) < 4.78 is 0.519. The zero-order chi connectivity index (χ0) is 10.4. The number of thioether (sulfide) groups is 1. The molecular weight excluding hydrogens is 190 g/mol. The lowest BCUT2D eigenvalue weighted by atomic mass is 9.92. The molecule has 2 heteroatoms. The molecule has 0 aromatic carbocycles. The zero-order valence-corrected chi connectivity index (χ0v) is 10.8. The molecule has 0 aromatic rings.